The van der Waals surface area contributed by atoms with Crippen LogP contribution < -0.4 is 5.32 Å². The van der Waals surface area contributed by atoms with Crippen LogP contribution in [-0.4, -0.2) is 36.7 Å². The van der Waals surface area contributed by atoms with Crippen molar-refractivity contribution >= 4 is 43.2 Å². The van der Waals surface area contributed by atoms with E-state index in [0.29, 0.717) is 10.5 Å². The minimum atomic E-state index is -3.85. The summed E-state index contributed by atoms with van der Waals surface area (Å²) in [5.74, 6) is -0.335. The van der Waals surface area contributed by atoms with Gasteiger partial charge in [0.25, 0.3) is 0 Å². The summed E-state index contributed by atoms with van der Waals surface area (Å²) in [5, 5.41) is 4.65. The average Bonchev–Trinajstić information content (AvgIpc) is 3.04. The van der Waals surface area contributed by atoms with Gasteiger partial charge in [-0.1, -0.05) is 50.2 Å². The lowest BCUT2D eigenvalue weighted by Crippen LogP contribution is -2.40. The molecular formula is C20H23N3O3S2. The van der Waals surface area contributed by atoms with E-state index in [1.165, 1.54) is 15.6 Å². The number of thiazole rings is 1. The molecule has 0 spiro atoms. The van der Waals surface area contributed by atoms with Crippen molar-refractivity contribution in [2.45, 2.75) is 25.7 Å². The Bertz CT molecular complexity index is 1090. The Morgan fingerprint density at radius 1 is 1.18 bits per heavy atom. The number of fused-ring (bicyclic) bond motifs is 1. The fourth-order valence-corrected chi connectivity index (χ4v) is 5.40. The maximum absolute atomic E-state index is 13.4. The summed E-state index contributed by atoms with van der Waals surface area (Å²) < 4.78 is 28.1. The van der Waals surface area contributed by atoms with Crippen LogP contribution in [-0.2, 0) is 14.8 Å². The molecule has 0 aliphatic rings. The molecule has 8 heteroatoms. The normalized spacial score (nSPS) is 12.0. The maximum Gasteiger partial charge on any atom is 0.244 e. The van der Waals surface area contributed by atoms with Gasteiger partial charge >= 0.3 is 0 Å². The second-order valence-corrected chi connectivity index (χ2v) is 10.1. The molecule has 2 aromatic carbocycles. The highest BCUT2D eigenvalue weighted by molar-refractivity contribution is 7.89. The predicted molar refractivity (Wildman–Crippen MR) is 113 cm³/mol. The van der Waals surface area contributed by atoms with E-state index >= 15 is 0 Å². The fourth-order valence-electron chi connectivity index (χ4n) is 2.95. The van der Waals surface area contributed by atoms with Crippen LogP contribution in [0.4, 0.5) is 5.13 Å². The van der Waals surface area contributed by atoms with E-state index in [4.69, 9.17) is 0 Å². The molecule has 0 unspecified atom stereocenters. The Labute approximate surface area is 169 Å². The highest BCUT2D eigenvalue weighted by Gasteiger charge is 2.29. The molecule has 148 valence electrons. The molecule has 3 rings (SSSR count). The van der Waals surface area contributed by atoms with Gasteiger partial charge in [-0.3, -0.25) is 4.79 Å². The first kappa shape index (κ1) is 20.4. The number of sulfonamides is 1. The Hall–Kier alpha value is -2.29. The van der Waals surface area contributed by atoms with E-state index in [9.17, 15) is 13.2 Å². The third kappa shape index (κ3) is 4.57. The first-order chi connectivity index (χ1) is 13.3. The van der Waals surface area contributed by atoms with Crippen LogP contribution in [0.2, 0.25) is 0 Å². The van der Waals surface area contributed by atoms with Crippen molar-refractivity contribution in [2.24, 2.45) is 5.92 Å². The minimum absolute atomic E-state index is 0.0691. The minimum Gasteiger partial charge on any atom is -0.301 e. The first-order valence-corrected chi connectivity index (χ1v) is 11.2. The second-order valence-electron chi connectivity index (χ2n) is 6.99. The van der Waals surface area contributed by atoms with Crippen LogP contribution in [0.25, 0.3) is 10.8 Å². The van der Waals surface area contributed by atoms with E-state index in [1.54, 1.807) is 24.4 Å². The third-order valence-corrected chi connectivity index (χ3v) is 6.82. The standard InChI is InChI=1S/C20H23N3O3S2/c1-14(2)12-23(13-19(24)22-20-21-11-15(3)27-20)28(25,26)18-10-6-8-16-7-4-5-9-17(16)18/h4-11,14H,12-13H2,1-3H3,(H,21,22,24). The smallest absolute Gasteiger partial charge is 0.244 e. The van der Waals surface area contributed by atoms with Gasteiger partial charge in [-0.25, -0.2) is 13.4 Å². The molecule has 1 N–H and O–H groups in total. The lowest BCUT2D eigenvalue weighted by atomic mass is 10.1. The number of nitrogens with zero attached hydrogens (tertiary/aromatic N) is 2. The lowest BCUT2D eigenvalue weighted by Gasteiger charge is -2.24. The number of amides is 1. The third-order valence-electron chi connectivity index (χ3n) is 4.12. The van der Waals surface area contributed by atoms with Gasteiger partial charge in [0, 0.05) is 23.0 Å². The van der Waals surface area contributed by atoms with Crippen LogP contribution in [0.1, 0.15) is 18.7 Å². The number of carbonyl (C=O) groups is 1. The first-order valence-electron chi connectivity index (χ1n) is 8.97. The molecule has 1 aromatic heterocycles. The Morgan fingerprint density at radius 3 is 2.57 bits per heavy atom. The number of anilines is 1. The molecule has 0 bridgehead atoms. The lowest BCUT2D eigenvalue weighted by molar-refractivity contribution is -0.116. The number of carbonyl (C=O) groups excluding carboxylic acids is 1. The zero-order chi connectivity index (χ0) is 20.3. The van der Waals surface area contributed by atoms with Crippen molar-refractivity contribution in [3.05, 3.63) is 53.5 Å². The number of aryl methyl sites for hydroxylation is 1. The maximum atomic E-state index is 13.4. The summed E-state index contributed by atoms with van der Waals surface area (Å²) in [6.45, 7) is 5.73. The van der Waals surface area contributed by atoms with Gasteiger partial charge in [-0.05, 0) is 24.3 Å². The largest absolute Gasteiger partial charge is 0.301 e. The topological polar surface area (TPSA) is 79.4 Å². The molecule has 0 aliphatic heterocycles. The summed E-state index contributed by atoms with van der Waals surface area (Å²) in [6, 6.07) is 12.5. The van der Waals surface area contributed by atoms with E-state index < -0.39 is 15.9 Å². The number of benzene rings is 2. The van der Waals surface area contributed by atoms with Crippen molar-refractivity contribution in [1.29, 1.82) is 0 Å². The predicted octanol–water partition coefficient (Wildman–Crippen LogP) is 3.89. The fraction of sp³-hybridized carbons (Fsp3) is 0.300. The van der Waals surface area contributed by atoms with Crippen LogP contribution in [0.5, 0.6) is 0 Å². The van der Waals surface area contributed by atoms with Gasteiger partial charge in [-0.15, -0.1) is 11.3 Å². The summed E-state index contributed by atoms with van der Waals surface area (Å²) in [5.41, 5.74) is 0. The van der Waals surface area contributed by atoms with Gasteiger partial charge in [0.2, 0.25) is 15.9 Å². The zero-order valence-electron chi connectivity index (χ0n) is 16.0. The summed E-state index contributed by atoms with van der Waals surface area (Å²) in [7, 11) is -3.85. The molecule has 28 heavy (non-hydrogen) atoms. The van der Waals surface area contributed by atoms with Gasteiger partial charge in [0.1, 0.15) is 0 Å². The SMILES string of the molecule is Cc1cnc(NC(=O)CN(CC(C)C)S(=O)(=O)c2cccc3ccccc23)s1. The molecule has 0 fully saturated rings. The van der Waals surface area contributed by atoms with Gasteiger partial charge in [-0.2, -0.15) is 4.31 Å². The van der Waals surface area contributed by atoms with E-state index in [0.717, 1.165) is 10.3 Å². The Morgan fingerprint density at radius 2 is 1.89 bits per heavy atom. The van der Waals surface area contributed by atoms with Gasteiger partial charge in [0.15, 0.2) is 5.13 Å². The van der Waals surface area contributed by atoms with Crippen LogP contribution in [0.15, 0.2) is 53.6 Å². The molecule has 6 nitrogen and oxygen atoms in total. The molecule has 0 atom stereocenters. The van der Waals surface area contributed by atoms with Crippen LogP contribution >= 0.6 is 11.3 Å². The summed E-state index contributed by atoms with van der Waals surface area (Å²) >= 11 is 1.35. The van der Waals surface area contributed by atoms with Crippen LogP contribution in [0, 0.1) is 12.8 Å². The monoisotopic (exact) mass is 417 g/mol. The summed E-state index contributed by atoms with van der Waals surface area (Å²) in [4.78, 5) is 17.8. The molecule has 0 radical (unpaired) electrons. The molecule has 0 saturated carbocycles. The molecule has 0 aliphatic carbocycles. The summed E-state index contributed by atoms with van der Waals surface area (Å²) in [6.07, 6.45) is 1.67. The van der Waals surface area contributed by atoms with E-state index in [-0.39, 0.29) is 23.9 Å². The number of hydrogen-bond acceptors (Lipinski definition) is 5. The van der Waals surface area contributed by atoms with E-state index in [1.807, 2.05) is 45.0 Å². The quantitative estimate of drug-likeness (QED) is 0.632. The molecule has 0 saturated heterocycles. The number of aromatic nitrogens is 1. The number of rotatable bonds is 7. The zero-order valence-corrected chi connectivity index (χ0v) is 17.7. The molecule has 3 aromatic rings. The van der Waals surface area contributed by atoms with Crippen molar-refractivity contribution in [2.75, 3.05) is 18.4 Å². The number of hydrogen-bond donors (Lipinski definition) is 1. The molecule has 1 amide bonds. The highest BCUT2D eigenvalue weighted by Crippen LogP contribution is 2.26. The number of nitrogens with one attached hydrogen (secondary N) is 1. The van der Waals surface area contributed by atoms with Crippen molar-refractivity contribution < 1.29 is 13.2 Å². The Kier molecular flexibility index (Phi) is 6.12. The highest BCUT2D eigenvalue weighted by atomic mass is 32.2. The van der Waals surface area contributed by atoms with E-state index in [2.05, 4.69) is 10.3 Å². The van der Waals surface area contributed by atoms with Gasteiger partial charge in [0.05, 0.1) is 11.4 Å². The molecular weight excluding hydrogens is 394 g/mol. The molecule has 1 heterocycles. The van der Waals surface area contributed by atoms with Crippen molar-refractivity contribution in [3.8, 4) is 0 Å². The average molecular weight is 418 g/mol. The van der Waals surface area contributed by atoms with Gasteiger partial charge < -0.3 is 5.32 Å². The van der Waals surface area contributed by atoms with Crippen molar-refractivity contribution in [1.82, 2.24) is 9.29 Å². The van der Waals surface area contributed by atoms with Crippen LogP contribution in [0.3, 0.4) is 0 Å². The Balaban J connectivity index is 1.92. The second kappa shape index (κ2) is 8.38. The van der Waals surface area contributed by atoms with Crippen molar-refractivity contribution in [3.63, 3.8) is 0 Å².